The lowest BCUT2D eigenvalue weighted by Gasteiger charge is -2.49. The van der Waals surface area contributed by atoms with Crippen molar-refractivity contribution in [3.8, 4) is 0 Å². The molecule has 1 aromatic rings. The number of carboxylic acid groups (broad SMARTS) is 1. The van der Waals surface area contributed by atoms with Crippen molar-refractivity contribution in [1.82, 2.24) is 4.48 Å². The van der Waals surface area contributed by atoms with E-state index in [1.54, 1.807) is 4.58 Å². The highest BCUT2D eigenvalue weighted by atomic mass is 79.9. The minimum atomic E-state index is -4.54. The molecule has 4 unspecified atom stereocenters. The number of nitrogens with zero attached hydrogens (tertiary/aromatic N) is 2. The van der Waals surface area contributed by atoms with E-state index in [-0.39, 0.29) is 28.1 Å². The maximum Gasteiger partial charge on any atom is 0.369 e. The van der Waals surface area contributed by atoms with Gasteiger partial charge in [0.1, 0.15) is 5.25 Å². The van der Waals surface area contributed by atoms with Crippen LogP contribution >= 0.6 is 62.8 Å². The molecule has 4 atom stereocenters. The van der Waals surface area contributed by atoms with Gasteiger partial charge < -0.3 is 9.66 Å². The van der Waals surface area contributed by atoms with Crippen LogP contribution in [0.2, 0.25) is 0 Å². The first-order valence-corrected chi connectivity index (χ1v) is 14.4. The Morgan fingerprint density at radius 1 is 1.42 bits per heavy atom. The summed E-state index contributed by atoms with van der Waals surface area (Å²) in [7, 11) is -4.54. The number of rotatable bonds is 4. The molecule has 13 heteroatoms. The molecule has 5 rings (SSSR count). The molecule has 4 aliphatic heterocycles. The molecule has 0 bridgehead atoms. The van der Waals surface area contributed by atoms with Gasteiger partial charge in [-0.25, -0.2) is 17.7 Å². The maximum atomic E-state index is 12.1. The summed E-state index contributed by atoms with van der Waals surface area (Å²) in [6.07, 6.45) is 4.06. The van der Waals surface area contributed by atoms with E-state index in [0.29, 0.717) is 10.9 Å². The summed E-state index contributed by atoms with van der Waals surface area (Å²) < 4.78 is 39.5. The number of carbonyl (C=O) groups is 1. The number of quaternary nitrogens is 1. The van der Waals surface area contributed by atoms with Crippen molar-refractivity contribution in [2.24, 2.45) is 0 Å². The van der Waals surface area contributed by atoms with Crippen LogP contribution in [0.15, 0.2) is 49.1 Å². The van der Waals surface area contributed by atoms with E-state index in [1.807, 2.05) is 30.4 Å². The quantitative estimate of drug-likeness (QED) is 0.326. The highest BCUT2D eigenvalue weighted by Crippen LogP contribution is 2.58. The van der Waals surface area contributed by atoms with Gasteiger partial charge in [-0.05, 0) is 53.5 Å². The first kappa shape index (κ1) is 22.3. The Kier molecular flexibility index (Phi) is 5.61. The van der Waals surface area contributed by atoms with Crippen LogP contribution in [-0.4, -0.2) is 62.8 Å². The second-order valence-corrected chi connectivity index (χ2v) is 13.9. The SMILES string of the molecule is O=C(O)C[N+]1=C(C=C2Sc3ccc(Br)cc3[N+]23CCC3S(=O)(=O)[O-])SC2C=C(Cl)SC21. The molecule has 0 radical (unpaired) electrons. The van der Waals surface area contributed by atoms with Gasteiger partial charge in [0.05, 0.1) is 28.3 Å². The topological polar surface area (TPSA) is 97.5 Å². The third kappa shape index (κ3) is 3.63. The van der Waals surface area contributed by atoms with Gasteiger partial charge >= 0.3 is 5.97 Å². The fourth-order valence-corrected chi connectivity index (χ4v) is 10.6. The van der Waals surface area contributed by atoms with Crippen LogP contribution in [0.3, 0.4) is 0 Å². The van der Waals surface area contributed by atoms with Crippen LogP contribution in [0, 0.1) is 0 Å². The van der Waals surface area contributed by atoms with Crippen molar-refractivity contribution < 1.29 is 27.4 Å². The van der Waals surface area contributed by atoms with Gasteiger partial charge in [0, 0.05) is 10.5 Å². The third-order valence-corrected chi connectivity index (χ3v) is 11.7. The molecule has 31 heavy (non-hydrogen) atoms. The molecule has 0 aliphatic carbocycles. The first-order valence-electron chi connectivity index (χ1n) is 9.18. The average Bonchev–Trinajstić information content (AvgIpc) is 3.23. The lowest BCUT2D eigenvalue weighted by atomic mass is 10.1. The summed E-state index contributed by atoms with van der Waals surface area (Å²) in [6.45, 7) is 0.309. The fourth-order valence-electron chi connectivity index (χ4n) is 4.37. The smallest absolute Gasteiger partial charge is 0.369 e. The van der Waals surface area contributed by atoms with E-state index in [9.17, 15) is 22.9 Å². The van der Waals surface area contributed by atoms with E-state index in [4.69, 9.17) is 11.6 Å². The van der Waals surface area contributed by atoms with Gasteiger partial charge in [-0.15, -0.1) is 0 Å². The maximum absolute atomic E-state index is 12.1. The minimum absolute atomic E-state index is 0.00972. The monoisotopic (exact) mass is 581 g/mol. The lowest BCUT2D eigenvalue weighted by molar-refractivity contribution is -0.523. The zero-order valence-electron chi connectivity index (χ0n) is 15.6. The minimum Gasteiger partial charge on any atom is -0.743 e. The van der Waals surface area contributed by atoms with E-state index in [1.165, 1.54) is 35.3 Å². The fraction of sp³-hybridized carbons (Fsp3) is 0.333. The number of aliphatic carboxylic acids is 1. The van der Waals surface area contributed by atoms with E-state index in [2.05, 4.69) is 15.9 Å². The second kappa shape index (κ2) is 7.79. The van der Waals surface area contributed by atoms with Crippen LogP contribution < -0.4 is 4.48 Å². The molecule has 0 saturated carbocycles. The van der Waals surface area contributed by atoms with Crippen molar-refractivity contribution in [2.75, 3.05) is 13.1 Å². The Morgan fingerprint density at radius 2 is 2.19 bits per heavy atom. The highest BCUT2D eigenvalue weighted by Gasteiger charge is 2.60. The van der Waals surface area contributed by atoms with Crippen molar-refractivity contribution in [1.29, 1.82) is 0 Å². The summed E-state index contributed by atoms with van der Waals surface area (Å²) in [5.41, 5.74) is 0.784. The summed E-state index contributed by atoms with van der Waals surface area (Å²) >= 11 is 14.0. The second-order valence-electron chi connectivity index (χ2n) is 7.45. The molecule has 0 aromatic heterocycles. The molecule has 1 aromatic carbocycles. The number of hydrogen-bond acceptors (Lipinski definition) is 7. The van der Waals surface area contributed by atoms with Gasteiger partial charge in [-0.2, -0.15) is 4.58 Å². The Balaban J connectivity index is 1.64. The van der Waals surface area contributed by atoms with Gasteiger partial charge in [0.2, 0.25) is 17.0 Å². The Morgan fingerprint density at radius 3 is 2.84 bits per heavy atom. The molecule has 1 N–H and O–H groups in total. The number of halogens is 2. The molecular formula is C18H15BrClN2O5S4+. The molecule has 4 aliphatic rings. The molecule has 1 saturated heterocycles. The lowest BCUT2D eigenvalue weighted by Crippen LogP contribution is -2.67. The molecule has 1 spiro atoms. The predicted octanol–water partition coefficient (Wildman–Crippen LogP) is 3.74. The molecular weight excluding hydrogens is 568 g/mol. The van der Waals surface area contributed by atoms with Crippen LogP contribution in [0.1, 0.15) is 6.42 Å². The number of fused-ring (bicyclic) bond motifs is 3. The highest BCUT2D eigenvalue weighted by molar-refractivity contribution is 9.10. The van der Waals surface area contributed by atoms with Gasteiger partial charge in [0.25, 0.3) is 0 Å². The molecule has 0 amide bonds. The molecule has 164 valence electrons. The predicted molar refractivity (Wildman–Crippen MR) is 127 cm³/mol. The third-order valence-electron chi connectivity index (χ3n) is 5.72. The van der Waals surface area contributed by atoms with E-state index in [0.717, 1.165) is 25.1 Å². The number of carboxylic acids is 1. The van der Waals surface area contributed by atoms with Crippen molar-refractivity contribution in [2.45, 2.75) is 27.3 Å². The molecule has 1 fully saturated rings. The summed E-state index contributed by atoms with van der Waals surface area (Å²) in [5, 5.41) is 9.69. The Labute approximate surface area is 205 Å². The Hall–Kier alpha value is -0.470. The Bertz CT molecular complexity index is 1220. The molecule has 7 nitrogen and oxygen atoms in total. The van der Waals surface area contributed by atoms with Gasteiger partial charge in [-0.3, -0.25) is 0 Å². The largest absolute Gasteiger partial charge is 0.743 e. The van der Waals surface area contributed by atoms with Crippen LogP contribution in [0.25, 0.3) is 0 Å². The summed E-state index contributed by atoms with van der Waals surface area (Å²) in [5.74, 6) is -0.958. The molecule has 4 heterocycles. The van der Waals surface area contributed by atoms with Crippen LogP contribution in [0.5, 0.6) is 0 Å². The number of hydrogen-bond donors (Lipinski definition) is 1. The normalized spacial score (nSPS) is 32.9. The number of thioether (sulfide) groups is 3. The van der Waals surface area contributed by atoms with Crippen molar-refractivity contribution in [3.05, 3.63) is 44.2 Å². The standard InChI is InChI=1S/C18H14BrClN2O5S4/c19-9-1-2-11-10(5-9)22(4-3-16(22)31(25,26)27)15(29-11)7-14-21(8-17(23)24)18-12(28-14)6-13(20)30-18/h1-2,5-7,12,16,18H,3-4,8H2/p+1. The summed E-state index contributed by atoms with van der Waals surface area (Å²) in [6, 6.07) is 5.66. The average molecular weight is 583 g/mol. The zero-order valence-corrected chi connectivity index (χ0v) is 21.2. The van der Waals surface area contributed by atoms with Crippen molar-refractivity contribution >= 4 is 89.6 Å². The number of benzene rings is 1. The van der Waals surface area contributed by atoms with E-state index < -0.39 is 21.5 Å². The zero-order chi connectivity index (χ0) is 22.1. The van der Waals surface area contributed by atoms with Gasteiger partial charge in [-0.1, -0.05) is 27.5 Å². The van der Waals surface area contributed by atoms with Crippen LogP contribution in [0.4, 0.5) is 5.69 Å². The van der Waals surface area contributed by atoms with Crippen molar-refractivity contribution in [3.63, 3.8) is 0 Å². The first-order chi connectivity index (χ1) is 14.6. The van der Waals surface area contributed by atoms with Crippen LogP contribution in [-0.2, 0) is 14.9 Å². The van der Waals surface area contributed by atoms with E-state index >= 15 is 0 Å². The van der Waals surface area contributed by atoms with Gasteiger partial charge in [0.15, 0.2) is 26.2 Å². The summed E-state index contributed by atoms with van der Waals surface area (Å²) in [4.78, 5) is 12.4.